The topological polar surface area (TPSA) is 77.0 Å². The van der Waals surface area contributed by atoms with E-state index in [2.05, 4.69) is 10.1 Å². The zero-order valence-corrected chi connectivity index (χ0v) is 12.8. The summed E-state index contributed by atoms with van der Waals surface area (Å²) in [6.07, 6.45) is 6.54. The van der Waals surface area contributed by atoms with Crippen LogP contribution in [-0.4, -0.2) is 43.6 Å². The van der Waals surface area contributed by atoms with Crippen LogP contribution < -0.4 is 0 Å². The molecule has 0 aliphatic carbocycles. The normalized spacial score (nSPS) is 18.5. The van der Waals surface area contributed by atoms with E-state index in [1.54, 1.807) is 4.68 Å². The number of oxazole rings is 1. The van der Waals surface area contributed by atoms with E-state index in [-0.39, 0.29) is 11.8 Å². The fourth-order valence-corrected chi connectivity index (χ4v) is 3.14. The average molecular weight is 311 g/mol. The molecule has 1 aliphatic heterocycles. The van der Waals surface area contributed by atoms with E-state index in [9.17, 15) is 4.79 Å². The van der Waals surface area contributed by atoms with Crippen molar-refractivity contribution in [3.8, 4) is 0 Å². The van der Waals surface area contributed by atoms with Crippen molar-refractivity contribution in [1.82, 2.24) is 24.6 Å². The number of aryl methyl sites for hydroxylation is 1. The second-order valence-electron chi connectivity index (χ2n) is 5.87. The number of pyridine rings is 1. The summed E-state index contributed by atoms with van der Waals surface area (Å²) >= 11 is 0. The predicted octanol–water partition coefficient (Wildman–Crippen LogP) is 1.98. The fourth-order valence-electron chi connectivity index (χ4n) is 3.14. The van der Waals surface area contributed by atoms with Gasteiger partial charge in [0.05, 0.1) is 12.4 Å². The molecule has 0 saturated carbocycles. The van der Waals surface area contributed by atoms with E-state index in [4.69, 9.17) is 9.40 Å². The molecule has 118 valence electrons. The van der Waals surface area contributed by atoms with Crippen molar-refractivity contribution in [3.63, 3.8) is 0 Å². The smallest absolute Gasteiger partial charge is 0.291 e. The number of carbonyl (C=O) groups is 1. The highest BCUT2D eigenvalue weighted by Gasteiger charge is 2.28. The molecule has 4 heterocycles. The molecule has 7 heteroatoms. The maximum absolute atomic E-state index is 12.4. The molecule has 1 saturated heterocycles. The maximum atomic E-state index is 12.4. The van der Waals surface area contributed by atoms with Gasteiger partial charge in [-0.3, -0.25) is 9.48 Å². The quantitative estimate of drug-likeness (QED) is 0.723. The molecule has 1 fully saturated rings. The molecule has 0 spiro atoms. The van der Waals surface area contributed by atoms with Gasteiger partial charge in [0.15, 0.2) is 12.0 Å². The number of hydrogen-bond acceptors (Lipinski definition) is 5. The van der Waals surface area contributed by atoms with Gasteiger partial charge in [-0.05, 0) is 25.0 Å². The molecule has 0 radical (unpaired) electrons. The van der Waals surface area contributed by atoms with Gasteiger partial charge in [0.25, 0.3) is 5.91 Å². The first kappa shape index (κ1) is 13.9. The van der Waals surface area contributed by atoms with Crippen molar-refractivity contribution in [1.29, 1.82) is 0 Å². The molecular weight excluding hydrogens is 294 g/mol. The van der Waals surface area contributed by atoms with Gasteiger partial charge in [-0.15, -0.1) is 0 Å². The zero-order valence-electron chi connectivity index (χ0n) is 12.8. The van der Waals surface area contributed by atoms with Gasteiger partial charge in [0.1, 0.15) is 0 Å². The lowest BCUT2D eigenvalue weighted by Crippen LogP contribution is -2.39. The molecule has 1 amide bonds. The van der Waals surface area contributed by atoms with Crippen LogP contribution in [0.3, 0.4) is 0 Å². The molecule has 3 aromatic heterocycles. The number of amides is 1. The van der Waals surface area contributed by atoms with Crippen molar-refractivity contribution in [2.24, 2.45) is 7.05 Å². The van der Waals surface area contributed by atoms with E-state index in [1.807, 2.05) is 30.3 Å². The average Bonchev–Trinajstić information content (AvgIpc) is 3.25. The second-order valence-corrected chi connectivity index (χ2v) is 5.87. The molecule has 1 aliphatic rings. The van der Waals surface area contributed by atoms with E-state index in [0.717, 1.165) is 36.1 Å². The van der Waals surface area contributed by atoms with E-state index in [0.29, 0.717) is 12.3 Å². The lowest BCUT2D eigenvalue weighted by Gasteiger charge is -2.31. The van der Waals surface area contributed by atoms with E-state index < -0.39 is 0 Å². The monoisotopic (exact) mass is 311 g/mol. The highest BCUT2D eigenvalue weighted by Crippen LogP contribution is 2.27. The predicted molar refractivity (Wildman–Crippen MR) is 82.9 cm³/mol. The zero-order chi connectivity index (χ0) is 15.8. The summed E-state index contributed by atoms with van der Waals surface area (Å²) in [6, 6.07) is 4.08. The Morgan fingerprint density at radius 3 is 3.09 bits per heavy atom. The third-order valence-electron chi connectivity index (χ3n) is 4.37. The minimum Gasteiger partial charge on any atom is -0.438 e. The Hall–Kier alpha value is -2.70. The van der Waals surface area contributed by atoms with Crippen LogP contribution in [-0.2, 0) is 7.05 Å². The number of likely N-dealkylation sites (tertiary alicyclic amines) is 1. The number of carbonyl (C=O) groups excluding carboxylic acids is 1. The van der Waals surface area contributed by atoms with Crippen LogP contribution in [0.25, 0.3) is 11.0 Å². The van der Waals surface area contributed by atoms with E-state index in [1.165, 1.54) is 12.6 Å². The molecular formula is C16H17N5O2. The Labute approximate surface area is 132 Å². The molecule has 1 atom stereocenters. The lowest BCUT2D eigenvalue weighted by atomic mass is 9.94. The van der Waals surface area contributed by atoms with Gasteiger partial charge < -0.3 is 9.32 Å². The molecule has 0 unspecified atom stereocenters. The molecule has 4 rings (SSSR count). The molecule has 0 bridgehead atoms. The van der Waals surface area contributed by atoms with Crippen LogP contribution in [0, 0.1) is 0 Å². The van der Waals surface area contributed by atoms with Crippen LogP contribution >= 0.6 is 0 Å². The minimum absolute atomic E-state index is 0.103. The van der Waals surface area contributed by atoms with Gasteiger partial charge >= 0.3 is 0 Å². The van der Waals surface area contributed by atoms with Gasteiger partial charge in [0.2, 0.25) is 5.76 Å². The number of nitrogens with zero attached hydrogens (tertiary/aromatic N) is 5. The third-order valence-corrected chi connectivity index (χ3v) is 4.37. The first-order valence-electron chi connectivity index (χ1n) is 7.69. The number of piperidine rings is 1. The number of aromatic nitrogens is 4. The first-order valence-corrected chi connectivity index (χ1v) is 7.69. The van der Waals surface area contributed by atoms with Crippen LogP contribution in [0.1, 0.15) is 35.0 Å². The first-order chi connectivity index (χ1) is 11.2. The summed E-state index contributed by atoms with van der Waals surface area (Å²) in [5, 5.41) is 5.26. The standard InChI is InChI=1S/C16H17N5O2/c1-20-15-11(7-18-20)4-5-13(19-15)12-3-2-6-21(9-12)16(22)14-8-17-10-23-14/h4-5,7-8,10,12H,2-3,6,9H2,1H3/t12-/m1/s1. The van der Waals surface area contributed by atoms with Crippen LogP contribution in [0.2, 0.25) is 0 Å². The van der Waals surface area contributed by atoms with Crippen molar-refractivity contribution < 1.29 is 9.21 Å². The number of rotatable bonds is 2. The van der Waals surface area contributed by atoms with Crippen LogP contribution in [0.5, 0.6) is 0 Å². The van der Waals surface area contributed by atoms with Crippen molar-refractivity contribution in [2.45, 2.75) is 18.8 Å². The van der Waals surface area contributed by atoms with Crippen LogP contribution in [0.15, 0.2) is 35.3 Å². The highest BCUT2D eigenvalue weighted by molar-refractivity contribution is 5.91. The Bertz CT molecular complexity index is 839. The lowest BCUT2D eigenvalue weighted by molar-refractivity contribution is 0.0674. The van der Waals surface area contributed by atoms with Gasteiger partial charge in [-0.25, -0.2) is 9.97 Å². The Morgan fingerprint density at radius 2 is 2.26 bits per heavy atom. The Morgan fingerprint density at radius 1 is 1.35 bits per heavy atom. The van der Waals surface area contributed by atoms with Crippen molar-refractivity contribution in [3.05, 3.63) is 42.4 Å². The molecule has 0 aromatic carbocycles. The Balaban J connectivity index is 1.58. The van der Waals surface area contributed by atoms with Gasteiger partial charge in [-0.2, -0.15) is 5.10 Å². The summed E-state index contributed by atoms with van der Waals surface area (Å²) < 4.78 is 6.90. The summed E-state index contributed by atoms with van der Waals surface area (Å²) in [4.78, 5) is 22.8. The molecule has 0 N–H and O–H groups in total. The fraction of sp³-hybridized carbons (Fsp3) is 0.375. The van der Waals surface area contributed by atoms with Gasteiger partial charge in [-0.1, -0.05) is 0 Å². The maximum Gasteiger partial charge on any atom is 0.291 e. The summed E-state index contributed by atoms with van der Waals surface area (Å²) in [5.41, 5.74) is 1.89. The molecule has 23 heavy (non-hydrogen) atoms. The van der Waals surface area contributed by atoms with E-state index >= 15 is 0 Å². The SMILES string of the molecule is Cn1ncc2ccc([C@@H]3CCCN(C(=O)c4cnco4)C3)nc21. The van der Waals surface area contributed by atoms with Crippen molar-refractivity contribution >= 4 is 16.9 Å². The number of fused-ring (bicyclic) bond motifs is 1. The highest BCUT2D eigenvalue weighted by atomic mass is 16.3. The second kappa shape index (κ2) is 5.49. The third kappa shape index (κ3) is 2.48. The molecule has 7 nitrogen and oxygen atoms in total. The minimum atomic E-state index is -0.103. The molecule has 3 aromatic rings. The summed E-state index contributed by atoms with van der Waals surface area (Å²) in [5.74, 6) is 0.421. The van der Waals surface area contributed by atoms with Crippen LogP contribution in [0.4, 0.5) is 0 Å². The number of hydrogen-bond donors (Lipinski definition) is 0. The van der Waals surface area contributed by atoms with Gasteiger partial charge in [0, 0.05) is 37.1 Å². The van der Waals surface area contributed by atoms with Crippen molar-refractivity contribution in [2.75, 3.05) is 13.1 Å². The summed E-state index contributed by atoms with van der Waals surface area (Å²) in [7, 11) is 1.89. The Kier molecular flexibility index (Phi) is 3.33. The largest absolute Gasteiger partial charge is 0.438 e. The summed E-state index contributed by atoms with van der Waals surface area (Å²) in [6.45, 7) is 1.39.